The summed E-state index contributed by atoms with van der Waals surface area (Å²) < 4.78 is 5.69. The maximum Gasteiger partial charge on any atom is 0.245 e. The van der Waals surface area contributed by atoms with Crippen LogP contribution in [0, 0.1) is 5.92 Å². The first-order valence-corrected chi connectivity index (χ1v) is 38.1. The van der Waals surface area contributed by atoms with Crippen molar-refractivity contribution in [3.8, 4) is 0 Å². The number of likely N-dealkylation sites (tertiary alicyclic amines) is 2. The molecule has 0 bridgehead atoms. The fourth-order valence-electron chi connectivity index (χ4n) is 12.9. The number of carbonyl (C=O) groups is 14. The molecule has 0 radical (unpaired) electrons. The summed E-state index contributed by atoms with van der Waals surface area (Å²) in [4.78, 5) is 202. The Kier molecular flexibility index (Phi) is 38.0. The number of hydrogen-bond acceptors (Lipinski definition) is 22. The van der Waals surface area contributed by atoms with E-state index in [1.54, 1.807) is 60.7 Å². The van der Waals surface area contributed by atoms with Crippen LogP contribution in [0.15, 0.2) is 65.7 Å². The third-order valence-electron chi connectivity index (χ3n) is 18.6. The van der Waals surface area contributed by atoms with Crippen LogP contribution in [0.2, 0.25) is 0 Å². The Labute approximate surface area is 637 Å². The minimum Gasteiger partial charge on any atom is -0.394 e. The van der Waals surface area contributed by atoms with Crippen molar-refractivity contribution in [2.75, 3.05) is 51.3 Å². The average Bonchev–Trinajstić information content (AvgIpc) is 1.76. The van der Waals surface area contributed by atoms with Gasteiger partial charge in [0, 0.05) is 52.2 Å². The minimum absolute atomic E-state index is 0.0161. The standard InChI is InChI=1S/C71H111N19O18S/c1-39(2)34-48(64(102)82-44(60(75)98)28-33-109-4)81-56(95)37-79-61(99)49(35-41-16-7-5-8-17-41)86-65(103)50(36-42-18-9-6-10-19-42)87-63(101)45(24-26-54(74)93)83-62(100)46(25-27-55(94)88-68-57(80-40(3)92)59(97)58(96)53(38-91)108-68)84-66(104)52-23-15-32-90(52)70(107)47(21-11-12-29-72)85-67(105)51-22-14-31-89(51)69(106)43(73)20-13-30-78-71(76)77/h5-10,16-19,39,43-53,57-59,68,91,96-97H,11-15,20-38,72-73H2,1-4H3,(H2,74,93)(H2,75,98)(H,79,99)(H,80,92)(H,81,95)(H,82,102)(H,83,100)(H,84,104)(H,85,105)(H,86,103)(H,87,101)(H,88,94)(H4,76,77,78)/t43-,44-,45-,46-,47-,48-,49-,50-,51-,52-,53+,57+,58+,59+,68+/m0/s1. The third kappa shape index (κ3) is 29.7. The number of nitrogens with two attached hydrogens (primary N) is 6. The van der Waals surface area contributed by atoms with Crippen molar-refractivity contribution in [2.24, 2.45) is 45.3 Å². The number of amides is 14. The third-order valence-corrected chi connectivity index (χ3v) is 19.3. The van der Waals surface area contributed by atoms with Gasteiger partial charge in [0.15, 0.2) is 12.2 Å². The van der Waals surface area contributed by atoms with E-state index in [2.05, 4.69) is 58.2 Å². The van der Waals surface area contributed by atoms with Gasteiger partial charge in [0.25, 0.3) is 0 Å². The molecule has 2 aromatic rings. The molecule has 109 heavy (non-hydrogen) atoms. The Morgan fingerprint density at radius 2 is 1.11 bits per heavy atom. The van der Waals surface area contributed by atoms with Crippen molar-refractivity contribution in [1.29, 1.82) is 0 Å². The van der Waals surface area contributed by atoms with Crippen molar-refractivity contribution in [1.82, 2.24) is 63.0 Å². The number of rotatable bonds is 45. The first-order valence-electron chi connectivity index (χ1n) is 36.7. The average molecular weight is 1550 g/mol. The second-order valence-electron chi connectivity index (χ2n) is 27.7. The lowest BCUT2D eigenvalue weighted by Gasteiger charge is -2.42. The fraction of sp³-hybridized carbons (Fsp3) is 0.620. The van der Waals surface area contributed by atoms with Gasteiger partial charge in [0.2, 0.25) is 82.7 Å². The number of primary amides is 2. The molecule has 0 aromatic heterocycles. The summed E-state index contributed by atoms with van der Waals surface area (Å²) in [5, 5.41) is 57.5. The molecule has 14 amide bonds. The molecule has 3 heterocycles. The number of aliphatic hydroxyl groups is 3. The van der Waals surface area contributed by atoms with Gasteiger partial charge in [-0.15, -0.1) is 0 Å². The highest BCUT2D eigenvalue weighted by atomic mass is 32.2. The number of aliphatic imine (C=N–C) groups is 1. The normalized spacial score (nSPS) is 20.4. The molecule has 604 valence electrons. The first kappa shape index (κ1) is 90.0. The molecule has 3 aliphatic rings. The zero-order valence-electron chi connectivity index (χ0n) is 62.2. The van der Waals surface area contributed by atoms with Gasteiger partial charge in [0.05, 0.1) is 19.2 Å². The van der Waals surface area contributed by atoms with Gasteiger partial charge in [-0.25, -0.2) is 0 Å². The first-order chi connectivity index (χ1) is 51.8. The molecule has 25 N–H and O–H groups in total. The van der Waals surface area contributed by atoms with Crippen LogP contribution in [0.4, 0.5) is 0 Å². The molecule has 0 aliphatic carbocycles. The van der Waals surface area contributed by atoms with Gasteiger partial charge < -0.3 is 117 Å². The van der Waals surface area contributed by atoms with Crippen LogP contribution >= 0.6 is 11.8 Å². The minimum atomic E-state index is -1.82. The van der Waals surface area contributed by atoms with Gasteiger partial charge >= 0.3 is 0 Å². The molecular formula is C71H111N19O18S. The smallest absolute Gasteiger partial charge is 0.245 e. The number of guanidine groups is 1. The Morgan fingerprint density at radius 1 is 0.587 bits per heavy atom. The Morgan fingerprint density at radius 3 is 1.64 bits per heavy atom. The van der Waals surface area contributed by atoms with E-state index in [-0.39, 0.29) is 95.8 Å². The van der Waals surface area contributed by atoms with Gasteiger partial charge in [-0.3, -0.25) is 72.1 Å². The maximum absolute atomic E-state index is 15.1. The summed E-state index contributed by atoms with van der Waals surface area (Å²) in [6, 6.07) is 1.83. The lowest BCUT2D eigenvalue weighted by molar-refractivity contribution is -0.203. The highest BCUT2D eigenvalue weighted by Gasteiger charge is 2.47. The van der Waals surface area contributed by atoms with Crippen LogP contribution in [-0.4, -0.2) is 256 Å². The van der Waals surface area contributed by atoms with E-state index in [1.807, 2.05) is 20.1 Å². The summed E-state index contributed by atoms with van der Waals surface area (Å²) in [5.74, 6) is -11.4. The molecule has 3 saturated heterocycles. The van der Waals surface area contributed by atoms with Gasteiger partial charge in [0.1, 0.15) is 78.7 Å². The second-order valence-corrected chi connectivity index (χ2v) is 28.7. The molecule has 38 heteroatoms. The van der Waals surface area contributed by atoms with Gasteiger partial charge in [-0.2, -0.15) is 11.8 Å². The van der Waals surface area contributed by atoms with Crippen molar-refractivity contribution < 1.29 is 87.2 Å². The lowest BCUT2D eigenvalue weighted by Crippen LogP contribution is -2.68. The predicted octanol–water partition coefficient (Wildman–Crippen LogP) is -6.14. The quantitative estimate of drug-likeness (QED) is 0.0167. The van der Waals surface area contributed by atoms with E-state index in [9.17, 15) is 77.6 Å². The number of carbonyl (C=O) groups excluding carboxylic acids is 14. The van der Waals surface area contributed by atoms with Crippen molar-refractivity contribution in [2.45, 2.75) is 221 Å². The number of benzene rings is 2. The van der Waals surface area contributed by atoms with Crippen LogP contribution in [0.3, 0.4) is 0 Å². The summed E-state index contributed by atoms with van der Waals surface area (Å²) in [7, 11) is 0. The van der Waals surface area contributed by atoms with Gasteiger partial charge in [-0.1, -0.05) is 74.5 Å². The SMILES string of the molecule is CSCC[C@H](NC(=O)[C@H](CC(C)C)NC(=O)CNC(=O)[C@H](Cc1ccccc1)NC(=O)[C@H](Cc1ccccc1)NC(=O)[C@H](CCC(N)=O)NC(=O)[C@H](CCC(=O)N[C@@H]1O[C@H](CO)[C@@H](O)[C@H](O)[C@H]1NC(C)=O)NC(=O)[C@@H]1CCCN1C(=O)[C@H](CCCCN)NC(=O)[C@@H]1CCCN1C(=O)[C@@H](N)CCCN=C(N)N)C(N)=O. The molecule has 2 aromatic carbocycles. The van der Waals surface area contributed by atoms with E-state index in [4.69, 9.17) is 39.1 Å². The van der Waals surface area contributed by atoms with Crippen molar-refractivity contribution in [3.63, 3.8) is 0 Å². The molecule has 0 spiro atoms. The van der Waals surface area contributed by atoms with Crippen LogP contribution in [0.25, 0.3) is 0 Å². The Hall–Kier alpha value is -9.60. The molecule has 37 nitrogen and oxygen atoms in total. The van der Waals surface area contributed by atoms with Crippen LogP contribution in [0.1, 0.15) is 128 Å². The molecule has 0 unspecified atom stereocenters. The number of ether oxygens (including phenoxy) is 1. The van der Waals surface area contributed by atoms with E-state index < -0.39 is 213 Å². The topological polar surface area (TPSA) is 604 Å². The molecule has 0 saturated carbocycles. The summed E-state index contributed by atoms with van der Waals surface area (Å²) in [6.45, 7) is 3.82. The van der Waals surface area contributed by atoms with Crippen LogP contribution < -0.4 is 87.6 Å². The summed E-state index contributed by atoms with van der Waals surface area (Å²) >= 11 is 1.44. The van der Waals surface area contributed by atoms with Gasteiger partial charge in [-0.05, 0) is 119 Å². The largest absolute Gasteiger partial charge is 0.394 e. The number of thioether (sulfide) groups is 1. The summed E-state index contributed by atoms with van der Waals surface area (Å²) in [6.07, 6.45) is -4.84. The number of hydrogen-bond donors (Lipinski definition) is 19. The Balaban J connectivity index is 1.45. The molecular weight excluding hydrogens is 1440 g/mol. The van der Waals surface area contributed by atoms with E-state index in [1.165, 1.54) is 21.6 Å². The second kappa shape index (κ2) is 46.0. The predicted molar refractivity (Wildman–Crippen MR) is 400 cm³/mol. The van der Waals surface area contributed by atoms with Crippen molar-refractivity contribution in [3.05, 3.63) is 71.8 Å². The van der Waals surface area contributed by atoms with Crippen molar-refractivity contribution >= 4 is 100 Å². The fourth-order valence-corrected chi connectivity index (χ4v) is 13.4. The number of nitrogens with one attached hydrogen (secondary N) is 10. The molecule has 5 rings (SSSR count). The summed E-state index contributed by atoms with van der Waals surface area (Å²) in [5.41, 5.74) is 35.2. The van der Waals surface area contributed by atoms with E-state index in [0.29, 0.717) is 42.6 Å². The van der Waals surface area contributed by atoms with E-state index in [0.717, 1.165) is 6.92 Å². The monoisotopic (exact) mass is 1550 g/mol. The van der Waals surface area contributed by atoms with E-state index >= 15 is 4.79 Å². The number of unbranched alkanes of at least 4 members (excludes halogenated alkanes) is 1. The molecule has 3 fully saturated rings. The zero-order valence-corrected chi connectivity index (χ0v) is 63.0. The highest BCUT2D eigenvalue weighted by Crippen LogP contribution is 2.25. The molecule has 3 aliphatic heterocycles. The zero-order chi connectivity index (χ0) is 80.4. The maximum atomic E-state index is 15.1. The van der Waals surface area contributed by atoms with Crippen LogP contribution in [0.5, 0.6) is 0 Å². The molecule has 15 atom stereocenters. The van der Waals surface area contributed by atoms with Crippen LogP contribution in [-0.2, 0) is 84.7 Å². The number of aliphatic hydroxyl groups excluding tert-OH is 3. The number of nitrogens with zero attached hydrogens (tertiary/aromatic N) is 3. The highest BCUT2D eigenvalue weighted by molar-refractivity contribution is 7.98. The Bertz CT molecular complexity index is 3430. The lowest BCUT2D eigenvalue weighted by atomic mass is 9.95.